The van der Waals surface area contributed by atoms with Crippen molar-refractivity contribution in [2.24, 2.45) is 5.92 Å². The number of hydrogen-bond acceptors (Lipinski definition) is 5. The first-order chi connectivity index (χ1) is 9.77. The molecule has 0 aromatic heterocycles. The fourth-order valence-electron chi connectivity index (χ4n) is 2.75. The summed E-state index contributed by atoms with van der Waals surface area (Å²) in [4.78, 5) is 24.2. The standard InChI is InChI=1S/C15H25NO5/c1-14(2,3)21-13(19)16-15(8-10(15)9-17)12(18)20-11-6-4-5-7-11/h10-11,17H,4-9H2,1-3H3,(H,16,19)/t10-,15?/m0/s1. The average Bonchev–Trinajstić information content (AvgIpc) is 2.81. The maximum Gasteiger partial charge on any atom is 0.408 e. The number of rotatable bonds is 4. The third kappa shape index (κ3) is 3.87. The van der Waals surface area contributed by atoms with Crippen LogP contribution in [0.5, 0.6) is 0 Å². The summed E-state index contributed by atoms with van der Waals surface area (Å²) in [5.74, 6) is -0.738. The van der Waals surface area contributed by atoms with Gasteiger partial charge < -0.3 is 19.9 Å². The number of ether oxygens (including phenoxy) is 2. The van der Waals surface area contributed by atoms with Crippen LogP contribution in [0, 0.1) is 5.92 Å². The zero-order valence-corrected chi connectivity index (χ0v) is 13.0. The van der Waals surface area contributed by atoms with Crippen LogP contribution in [0.1, 0.15) is 52.9 Å². The zero-order valence-electron chi connectivity index (χ0n) is 13.0. The molecule has 0 aromatic carbocycles. The summed E-state index contributed by atoms with van der Waals surface area (Å²) in [7, 11) is 0. The average molecular weight is 299 g/mol. The Morgan fingerprint density at radius 3 is 2.38 bits per heavy atom. The molecular weight excluding hydrogens is 274 g/mol. The number of amides is 1. The molecule has 1 unspecified atom stereocenters. The van der Waals surface area contributed by atoms with Gasteiger partial charge in [-0.3, -0.25) is 0 Å². The number of aliphatic hydroxyl groups excluding tert-OH is 1. The highest BCUT2D eigenvalue weighted by Crippen LogP contribution is 2.45. The highest BCUT2D eigenvalue weighted by Gasteiger charge is 2.63. The Kier molecular flexibility index (Phi) is 4.46. The number of esters is 1. The molecule has 120 valence electrons. The molecule has 2 N–H and O–H groups in total. The lowest BCUT2D eigenvalue weighted by Gasteiger charge is -2.24. The third-order valence-corrected chi connectivity index (χ3v) is 3.99. The molecule has 2 saturated carbocycles. The normalized spacial score (nSPS) is 29.0. The Morgan fingerprint density at radius 2 is 1.90 bits per heavy atom. The molecular formula is C15H25NO5. The van der Waals surface area contributed by atoms with E-state index in [1.807, 2.05) is 0 Å². The predicted octanol–water partition coefficient (Wildman–Crippen LogP) is 1.75. The van der Waals surface area contributed by atoms with E-state index in [9.17, 15) is 14.7 Å². The number of carbonyl (C=O) groups excluding carboxylic acids is 2. The van der Waals surface area contributed by atoms with Crippen molar-refractivity contribution < 1.29 is 24.2 Å². The lowest BCUT2D eigenvalue weighted by molar-refractivity contribution is -0.153. The summed E-state index contributed by atoms with van der Waals surface area (Å²) in [6.07, 6.45) is 3.56. The summed E-state index contributed by atoms with van der Waals surface area (Å²) in [6, 6.07) is 0. The second-order valence-electron chi connectivity index (χ2n) is 6.99. The van der Waals surface area contributed by atoms with Gasteiger partial charge >= 0.3 is 12.1 Å². The van der Waals surface area contributed by atoms with Gasteiger partial charge in [-0.1, -0.05) is 0 Å². The van der Waals surface area contributed by atoms with Crippen LogP contribution in [0.25, 0.3) is 0 Å². The van der Waals surface area contributed by atoms with E-state index in [1.54, 1.807) is 20.8 Å². The highest BCUT2D eigenvalue weighted by atomic mass is 16.6. The SMILES string of the molecule is CC(C)(C)OC(=O)NC1(C(=O)OC2CCCC2)C[C@H]1CO. The van der Waals surface area contributed by atoms with Crippen molar-refractivity contribution in [1.29, 1.82) is 0 Å². The molecule has 2 aliphatic rings. The van der Waals surface area contributed by atoms with Gasteiger partial charge in [0, 0.05) is 12.5 Å². The van der Waals surface area contributed by atoms with Gasteiger partial charge in [-0.05, 0) is 52.9 Å². The summed E-state index contributed by atoms with van der Waals surface area (Å²) >= 11 is 0. The van der Waals surface area contributed by atoms with Crippen molar-refractivity contribution in [2.75, 3.05) is 6.61 Å². The van der Waals surface area contributed by atoms with Crippen LogP contribution in [-0.2, 0) is 14.3 Å². The molecule has 6 heteroatoms. The number of alkyl carbamates (subject to hydrolysis) is 1. The van der Waals surface area contributed by atoms with Crippen molar-refractivity contribution in [3.05, 3.63) is 0 Å². The van der Waals surface area contributed by atoms with Crippen LogP contribution in [-0.4, -0.2) is 41.0 Å². The van der Waals surface area contributed by atoms with Crippen LogP contribution in [0.15, 0.2) is 0 Å². The van der Waals surface area contributed by atoms with Crippen molar-refractivity contribution >= 4 is 12.1 Å². The first-order valence-electron chi connectivity index (χ1n) is 7.60. The van der Waals surface area contributed by atoms with E-state index in [0.29, 0.717) is 6.42 Å². The Hall–Kier alpha value is -1.30. The number of carbonyl (C=O) groups is 2. The van der Waals surface area contributed by atoms with Crippen LogP contribution >= 0.6 is 0 Å². The maximum absolute atomic E-state index is 12.4. The van der Waals surface area contributed by atoms with Crippen LogP contribution in [0.4, 0.5) is 4.79 Å². The fourth-order valence-corrected chi connectivity index (χ4v) is 2.75. The smallest absolute Gasteiger partial charge is 0.408 e. The topological polar surface area (TPSA) is 84.9 Å². The molecule has 0 aromatic rings. The van der Waals surface area contributed by atoms with Gasteiger partial charge in [-0.15, -0.1) is 0 Å². The van der Waals surface area contributed by atoms with Crippen molar-refractivity contribution in [3.8, 4) is 0 Å². The molecule has 6 nitrogen and oxygen atoms in total. The molecule has 2 rings (SSSR count). The second-order valence-corrected chi connectivity index (χ2v) is 6.99. The van der Waals surface area contributed by atoms with Gasteiger partial charge in [0.1, 0.15) is 17.2 Å². The largest absolute Gasteiger partial charge is 0.461 e. The molecule has 1 amide bonds. The van der Waals surface area contributed by atoms with E-state index in [-0.39, 0.29) is 18.6 Å². The molecule has 0 heterocycles. The molecule has 2 fully saturated rings. The molecule has 2 atom stereocenters. The van der Waals surface area contributed by atoms with E-state index < -0.39 is 23.2 Å². The quantitative estimate of drug-likeness (QED) is 0.773. The summed E-state index contributed by atoms with van der Waals surface area (Å²) in [5.41, 5.74) is -1.75. The molecule has 0 spiro atoms. The minimum Gasteiger partial charge on any atom is -0.461 e. The van der Waals surface area contributed by atoms with Gasteiger partial charge in [-0.2, -0.15) is 0 Å². The van der Waals surface area contributed by atoms with Crippen LogP contribution in [0.3, 0.4) is 0 Å². The van der Waals surface area contributed by atoms with Gasteiger partial charge in [0.2, 0.25) is 0 Å². The monoisotopic (exact) mass is 299 g/mol. The van der Waals surface area contributed by atoms with E-state index in [4.69, 9.17) is 9.47 Å². The Labute approximate surface area is 125 Å². The molecule has 0 bridgehead atoms. The third-order valence-electron chi connectivity index (χ3n) is 3.99. The van der Waals surface area contributed by atoms with E-state index in [0.717, 1.165) is 25.7 Å². The van der Waals surface area contributed by atoms with Gasteiger partial charge in [0.15, 0.2) is 0 Å². The lowest BCUT2D eigenvalue weighted by Crippen LogP contribution is -2.48. The van der Waals surface area contributed by atoms with Crippen LogP contribution in [0.2, 0.25) is 0 Å². The minimum atomic E-state index is -1.11. The van der Waals surface area contributed by atoms with E-state index in [1.165, 1.54) is 0 Å². The predicted molar refractivity (Wildman–Crippen MR) is 75.6 cm³/mol. The molecule has 0 radical (unpaired) electrons. The summed E-state index contributed by atoms with van der Waals surface area (Å²) in [6.45, 7) is 5.11. The van der Waals surface area contributed by atoms with Crippen molar-refractivity contribution in [1.82, 2.24) is 5.32 Å². The van der Waals surface area contributed by atoms with Gasteiger partial charge in [-0.25, -0.2) is 9.59 Å². The fraction of sp³-hybridized carbons (Fsp3) is 0.867. The molecule has 2 aliphatic carbocycles. The second kappa shape index (κ2) is 5.83. The van der Waals surface area contributed by atoms with Crippen molar-refractivity contribution in [2.45, 2.75) is 70.1 Å². The molecule has 0 aliphatic heterocycles. The summed E-state index contributed by atoms with van der Waals surface area (Å²) < 4.78 is 10.7. The molecule has 21 heavy (non-hydrogen) atoms. The summed E-state index contributed by atoms with van der Waals surface area (Å²) in [5, 5.41) is 11.9. The maximum atomic E-state index is 12.4. The van der Waals surface area contributed by atoms with Gasteiger partial charge in [0.05, 0.1) is 0 Å². The Morgan fingerprint density at radius 1 is 1.29 bits per heavy atom. The minimum absolute atomic E-state index is 0.0604. The molecule has 0 saturated heterocycles. The Bertz CT molecular complexity index is 411. The number of aliphatic hydroxyl groups is 1. The number of hydrogen-bond donors (Lipinski definition) is 2. The van der Waals surface area contributed by atoms with Crippen molar-refractivity contribution in [3.63, 3.8) is 0 Å². The van der Waals surface area contributed by atoms with Gasteiger partial charge in [0.25, 0.3) is 0 Å². The number of nitrogens with one attached hydrogen (secondary N) is 1. The van der Waals surface area contributed by atoms with E-state index >= 15 is 0 Å². The van der Waals surface area contributed by atoms with Crippen LogP contribution < -0.4 is 5.32 Å². The zero-order chi connectivity index (χ0) is 15.7. The Balaban J connectivity index is 1.96. The lowest BCUT2D eigenvalue weighted by atomic mass is 10.2. The first-order valence-corrected chi connectivity index (χ1v) is 7.60. The first kappa shape index (κ1) is 16.1. The van der Waals surface area contributed by atoms with E-state index in [2.05, 4.69) is 5.32 Å². The highest BCUT2D eigenvalue weighted by molar-refractivity contribution is 5.89.